The molecule has 3 heteroatoms. The lowest BCUT2D eigenvalue weighted by Crippen LogP contribution is -2.28. The molecule has 1 unspecified atom stereocenters. The quantitative estimate of drug-likeness (QED) is 0.615. The van der Waals surface area contributed by atoms with E-state index < -0.39 is 5.60 Å². The molecule has 0 N–H and O–H groups in total. The first-order valence-electron chi connectivity index (χ1n) is 5.97. The number of hydrogen-bond donors (Lipinski definition) is 0. The number of carbonyl (C=O) groups excluding carboxylic acids is 1. The van der Waals surface area contributed by atoms with Crippen LogP contribution in [-0.4, -0.2) is 16.4 Å². The third-order valence-electron chi connectivity index (χ3n) is 2.12. The van der Waals surface area contributed by atoms with Crippen molar-refractivity contribution in [2.24, 2.45) is 0 Å². The second-order valence-electron chi connectivity index (χ2n) is 5.05. The summed E-state index contributed by atoms with van der Waals surface area (Å²) in [5, 5.41) is 0. The summed E-state index contributed by atoms with van der Waals surface area (Å²) in [6, 6.07) is 9.99. The first-order chi connectivity index (χ1) is 8.38. The minimum atomic E-state index is -0.438. The van der Waals surface area contributed by atoms with Crippen molar-refractivity contribution in [3.8, 4) is 0 Å². The molecular weight excluding hydrogens is 292 g/mol. The molecule has 0 bridgehead atoms. The van der Waals surface area contributed by atoms with Crippen LogP contribution in [0.3, 0.4) is 0 Å². The van der Waals surface area contributed by atoms with Crippen molar-refractivity contribution in [3.05, 3.63) is 42.0 Å². The molecule has 0 amide bonds. The molecule has 0 aliphatic carbocycles. The fraction of sp³-hybridized carbons (Fsp3) is 0.400. The summed E-state index contributed by atoms with van der Waals surface area (Å²) in [6.45, 7) is 5.60. The van der Waals surface area contributed by atoms with Crippen LogP contribution in [0.1, 0.15) is 32.8 Å². The molecule has 0 aromatic heterocycles. The average molecular weight is 311 g/mol. The maximum absolute atomic E-state index is 11.7. The number of allylic oxidation sites excluding steroid dienone is 1. The molecule has 0 heterocycles. The highest BCUT2D eigenvalue weighted by molar-refractivity contribution is 9.10. The molecule has 98 valence electrons. The summed E-state index contributed by atoms with van der Waals surface area (Å²) >= 11 is 3.34. The van der Waals surface area contributed by atoms with Crippen LogP contribution in [0, 0.1) is 0 Å². The second-order valence-corrected chi connectivity index (χ2v) is 6.16. The van der Waals surface area contributed by atoms with Crippen LogP contribution in [0.2, 0.25) is 0 Å². The highest BCUT2D eigenvalue weighted by Gasteiger charge is 2.21. The van der Waals surface area contributed by atoms with E-state index in [0.717, 1.165) is 5.56 Å². The average Bonchev–Trinajstić information content (AvgIpc) is 2.28. The summed E-state index contributed by atoms with van der Waals surface area (Å²) in [5.74, 6) is -0.222. The van der Waals surface area contributed by atoms with Gasteiger partial charge in [-0.2, -0.15) is 0 Å². The van der Waals surface area contributed by atoms with Crippen molar-refractivity contribution in [3.63, 3.8) is 0 Å². The fourth-order valence-corrected chi connectivity index (χ4v) is 1.66. The van der Waals surface area contributed by atoms with E-state index in [4.69, 9.17) is 4.74 Å². The van der Waals surface area contributed by atoms with Gasteiger partial charge in [-0.15, -0.1) is 0 Å². The number of alkyl halides is 1. The highest BCUT2D eigenvalue weighted by Crippen LogP contribution is 2.15. The molecular formula is C15H19BrO2. The molecule has 18 heavy (non-hydrogen) atoms. The van der Waals surface area contributed by atoms with Gasteiger partial charge in [0.15, 0.2) is 0 Å². The topological polar surface area (TPSA) is 26.3 Å². The minimum Gasteiger partial charge on any atom is -0.459 e. The van der Waals surface area contributed by atoms with Crippen molar-refractivity contribution in [1.82, 2.24) is 0 Å². The van der Waals surface area contributed by atoms with Crippen LogP contribution in [0.5, 0.6) is 0 Å². The number of halogens is 1. The van der Waals surface area contributed by atoms with Gasteiger partial charge in [0.2, 0.25) is 0 Å². The molecule has 0 fully saturated rings. The molecule has 0 saturated carbocycles. The predicted molar refractivity (Wildman–Crippen MR) is 78.7 cm³/mol. The Morgan fingerprint density at radius 3 is 2.50 bits per heavy atom. The van der Waals surface area contributed by atoms with Gasteiger partial charge in [0.1, 0.15) is 10.4 Å². The van der Waals surface area contributed by atoms with E-state index in [1.807, 2.05) is 63.3 Å². The van der Waals surface area contributed by atoms with Gasteiger partial charge in [0.05, 0.1) is 0 Å². The summed E-state index contributed by atoms with van der Waals surface area (Å²) in [6.07, 6.45) is 4.58. The van der Waals surface area contributed by atoms with Gasteiger partial charge < -0.3 is 4.74 Å². The summed E-state index contributed by atoms with van der Waals surface area (Å²) in [5.41, 5.74) is 0.688. The standard InChI is InChI=1S/C15H19BrO2/c1-15(2,3)18-14(17)13(16)11-7-10-12-8-5-4-6-9-12/h4-10,13H,11H2,1-3H3/b10-7+. The molecule has 1 aromatic rings. The van der Waals surface area contributed by atoms with E-state index in [1.54, 1.807) is 0 Å². The molecule has 0 aliphatic heterocycles. The van der Waals surface area contributed by atoms with Crippen molar-refractivity contribution in [1.29, 1.82) is 0 Å². The smallest absolute Gasteiger partial charge is 0.320 e. The summed E-state index contributed by atoms with van der Waals surface area (Å²) in [7, 11) is 0. The fourth-order valence-electron chi connectivity index (χ4n) is 1.35. The molecule has 2 nitrogen and oxygen atoms in total. The highest BCUT2D eigenvalue weighted by atomic mass is 79.9. The zero-order chi connectivity index (χ0) is 13.6. The van der Waals surface area contributed by atoms with Crippen molar-refractivity contribution >= 4 is 28.0 Å². The summed E-state index contributed by atoms with van der Waals surface area (Å²) in [4.78, 5) is 11.4. The Morgan fingerprint density at radius 2 is 1.94 bits per heavy atom. The minimum absolute atomic E-state index is 0.222. The number of esters is 1. The van der Waals surface area contributed by atoms with Crippen LogP contribution in [0.25, 0.3) is 6.08 Å². The normalized spacial score (nSPS) is 13.6. The van der Waals surface area contributed by atoms with E-state index in [9.17, 15) is 4.79 Å². The molecule has 0 saturated heterocycles. The van der Waals surface area contributed by atoms with Gasteiger partial charge in [-0.3, -0.25) is 4.79 Å². The zero-order valence-corrected chi connectivity index (χ0v) is 12.6. The first-order valence-corrected chi connectivity index (χ1v) is 6.88. The number of carbonyl (C=O) groups is 1. The first kappa shape index (κ1) is 15.0. The van der Waals surface area contributed by atoms with E-state index in [1.165, 1.54) is 0 Å². The molecule has 0 spiro atoms. The third kappa shape index (κ3) is 6.01. The zero-order valence-electron chi connectivity index (χ0n) is 11.0. The van der Waals surface area contributed by atoms with Gasteiger partial charge in [0, 0.05) is 0 Å². The van der Waals surface area contributed by atoms with E-state index >= 15 is 0 Å². The number of ether oxygens (including phenoxy) is 1. The molecule has 0 radical (unpaired) electrons. The van der Waals surface area contributed by atoms with Crippen LogP contribution in [-0.2, 0) is 9.53 Å². The van der Waals surface area contributed by atoms with Gasteiger partial charge >= 0.3 is 5.97 Å². The van der Waals surface area contributed by atoms with Crippen LogP contribution < -0.4 is 0 Å². The number of rotatable bonds is 4. The SMILES string of the molecule is CC(C)(C)OC(=O)C(Br)C/C=C/c1ccccc1. The lowest BCUT2D eigenvalue weighted by atomic mass is 10.1. The monoisotopic (exact) mass is 310 g/mol. The Balaban J connectivity index is 2.44. The van der Waals surface area contributed by atoms with Gasteiger partial charge in [-0.25, -0.2) is 0 Å². The van der Waals surface area contributed by atoms with Crippen LogP contribution >= 0.6 is 15.9 Å². The molecule has 0 aliphatic rings. The Hall–Kier alpha value is -1.09. The van der Waals surface area contributed by atoms with Gasteiger partial charge in [-0.05, 0) is 32.8 Å². The van der Waals surface area contributed by atoms with Gasteiger partial charge in [0.25, 0.3) is 0 Å². The van der Waals surface area contributed by atoms with Gasteiger partial charge in [-0.1, -0.05) is 58.4 Å². The third-order valence-corrected chi connectivity index (χ3v) is 2.86. The predicted octanol–water partition coefficient (Wildman–Crippen LogP) is 4.20. The maximum Gasteiger partial charge on any atom is 0.320 e. The molecule has 1 atom stereocenters. The Kier molecular flexibility index (Phi) is 5.60. The number of benzene rings is 1. The second kappa shape index (κ2) is 6.74. The lowest BCUT2D eigenvalue weighted by Gasteiger charge is -2.21. The van der Waals surface area contributed by atoms with E-state index in [-0.39, 0.29) is 10.8 Å². The van der Waals surface area contributed by atoms with E-state index in [2.05, 4.69) is 15.9 Å². The lowest BCUT2D eigenvalue weighted by molar-refractivity contribution is -0.153. The largest absolute Gasteiger partial charge is 0.459 e. The van der Waals surface area contributed by atoms with Crippen LogP contribution in [0.15, 0.2) is 36.4 Å². The van der Waals surface area contributed by atoms with Crippen molar-refractivity contribution in [2.45, 2.75) is 37.6 Å². The van der Waals surface area contributed by atoms with Crippen molar-refractivity contribution < 1.29 is 9.53 Å². The molecule has 1 aromatic carbocycles. The van der Waals surface area contributed by atoms with Crippen molar-refractivity contribution in [2.75, 3.05) is 0 Å². The summed E-state index contributed by atoms with van der Waals surface area (Å²) < 4.78 is 5.28. The Morgan fingerprint density at radius 1 is 1.33 bits per heavy atom. The maximum atomic E-state index is 11.7. The number of hydrogen-bond acceptors (Lipinski definition) is 2. The Bertz CT molecular complexity index is 404. The molecule has 1 rings (SSSR count). The van der Waals surface area contributed by atoms with Crippen LogP contribution in [0.4, 0.5) is 0 Å². The van der Waals surface area contributed by atoms with E-state index in [0.29, 0.717) is 6.42 Å². The Labute approximate surface area is 117 Å².